The molecule has 2 saturated heterocycles. The molecule has 2 fully saturated rings. The van der Waals surface area contributed by atoms with Crippen molar-refractivity contribution in [2.24, 2.45) is 0 Å². The first-order valence-electron chi connectivity index (χ1n) is 9.63. The Labute approximate surface area is 158 Å². The van der Waals surface area contributed by atoms with Crippen molar-refractivity contribution in [1.82, 2.24) is 24.6 Å². The molecular weight excluding hydrogens is 344 g/mol. The molecule has 2 aliphatic heterocycles. The number of hydrogen-bond donors (Lipinski definition) is 1. The Morgan fingerprint density at radius 1 is 1.30 bits per heavy atom. The molecule has 8 heteroatoms. The van der Waals surface area contributed by atoms with E-state index in [1.54, 1.807) is 12.4 Å². The molecule has 0 bridgehead atoms. The molecule has 0 spiro atoms. The summed E-state index contributed by atoms with van der Waals surface area (Å²) in [7, 11) is 0. The number of carbonyl (C=O) groups is 1. The molecule has 27 heavy (non-hydrogen) atoms. The molecule has 2 aromatic rings. The number of anilines is 1. The maximum Gasteiger partial charge on any atom is 0.257 e. The van der Waals surface area contributed by atoms with Gasteiger partial charge in [0.05, 0.1) is 23.5 Å². The van der Waals surface area contributed by atoms with Crippen LogP contribution in [0, 0.1) is 6.92 Å². The van der Waals surface area contributed by atoms with Gasteiger partial charge in [0.2, 0.25) is 5.95 Å². The highest BCUT2D eigenvalue weighted by atomic mass is 16.5. The summed E-state index contributed by atoms with van der Waals surface area (Å²) in [6.45, 7) is 4.91. The maximum absolute atomic E-state index is 13.2. The molecule has 8 nitrogen and oxygen atoms in total. The van der Waals surface area contributed by atoms with Crippen LogP contribution in [0.2, 0.25) is 0 Å². The summed E-state index contributed by atoms with van der Waals surface area (Å²) < 4.78 is 7.44. The lowest BCUT2D eigenvalue weighted by atomic mass is 9.94. The van der Waals surface area contributed by atoms with Crippen molar-refractivity contribution in [1.29, 1.82) is 0 Å². The molecule has 0 aliphatic carbocycles. The van der Waals surface area contributed by atoms with Gasteiger partial charge in [-0.25, -0.2) is 9.97 Å². The van der Waals surface area contributed by atoms with E-state index in [-0.39, 0.29) is 17.8 Å². The van der Waals surface area contributed by atoms with Crippen LogP contribution in [0.4, 0.5) is 5.95 Å². The normalized spacial score (nSPS) is 21.4. The van der Waals surface area contributed by atoms with Crippen molar-refractivity contribution < 1.29 is 9.53 Å². The molecule has 0 aromatic carbocycles. The first-order valence-corrected chi connectivity index (χ1v) is 9.63. The third kappa shape index (κ3) is 3.66. The number of nitrogen functional groups attached to an aromatic ring is 1. The topological polar surface area (TPSA) is 99.2 Å². The van der Waals surface area contributed by atoms with E-state index in [1.165, 1.54) is 0 Å². The second-order valence-electron chi connectivity index (χ2n) is 7.36. The number of rotatable bonds is 3. The van der Waals surface area contributed by atoms with Crippen molar-refractivity contribution >= 4 is 11.9 Å². The zero-order chi connectivity index (χ0) is 18.8. The van der Waals surface area contributed by atoms with Gasteiger partial charge in [-0.2, -0.15) is 5.10 Å². The smallest absolute Gasteiger partial charge is 0.257 e. The van der Waals surface area contributed by atoms with Crippen LogP contribution in [0.15, 0.2) is 18.5 Å². The minimum atomic E-state index is 0.0533. The van der Waals surface area contributed by atoms with Gasteiger partial charge in [0.1, 0.15) is 0 Å². The molecule has 4 heterocycles. The molecule has 4 rings (SSSR count). The second-order valence-corrected chi connectivity index (χ2v) is 7.36. The van der Waals surface area contributed by atoms with Gasteiger partial charge in [-0.1, -0.05) is 0 Å². The predicted molar refractivity (Wildman–Crippen MR) is 100 cm³/mol. The lowest BCUT2D eigenvalue weighted by molar-refractivity contribution is 0.0653. The second kappa shape index (κ2) is 7.64. The van der Waals surface area contributed by atoms with Gasteiger partial charge in [0.15, 0.2) is 0 Å². The Bertz CT molecular complexity index is 814. The van der Waals surface area contributed by atoms with Crippen LogP contribution in [-0.2, 0) is 4.74 Å². The quantitative estimate of drug-likeness (QED) is 0.886. The Kier molecular flexibility index (Phi) is 5.07. The SMILES string of the molecule is Cc1c(C(=O)N2CCCC(c3ccnc(N)n3)C2)cnn1C1CCOCC1. The summed E-state index contributed by atoms with van der Waals surface area (Å²) in [6, 6.07) is 2.21. The van der Waals surface area contributed by atoms with Crippen LogP contribution in [0.3, 0.4) is 0 Å². The van der Waals surface area contributed by atoms with Crippen LogP contribution < -0.4 is 5.73 Å². The molecule has 0 saturated carbocycles. The van der Waals surface area contributed by atoms with E-state index in [0.717, 1.165) is 56.8 Å². The third-order valence-corrected chi connectivity index (χ3v) is 5.63. The van der Waals surface area contributed by atoms with Crippen LogP contribution in [0.5, 0.6) is 0 Å². The van der Waals surface area contributed by atoms with E-state index in [0.29, 0.717) is 18.2 Å². The van der Waals surface area contributed by atoms with E-state index in [1.807, 2.05) is 22.6 Å². The Morgan fingerprint density at radius 3 is 2.89 bits per heavy atom. The van der Waals surface area contributed by atoms with Crippen LogP contribution in [0.1, 0.15) is 59.4 Å². The number of aromatic nitrogens is 4. The molecule has 1 amide bonds. The summed E-state index contributed by atoms with van der Waals surface area (Å²) in [4.78, 5) is 23.4. The number of amides is 1. The maximum atomic E-state index is 13.2. The standard InChI is InChI=1S/C19H26N6O2/c1-13-16(11-22-25(13)15-5-9-27-10-6-15)18(26)24-8-2-3-14(12-24)17-4-7-21-19(20)23-17/h4,7,11,14-15H,2-3,5-6,8-10,12H2,1H3,(H2,20,21,23). The Hall–Kier alpha value is -2.48. The summed E-state index contributed by atoms with van der Waals surface area (Å²) in [5.41, 5.74) is 8.28. The van der Waals surface area contributed by atoms with Crippen molar-refractivity contribution in [3.05, 3.63) is 35.4 Å². The number of nitrogens with zero attached hydrogens (tertiary/aromatic N) is 5. The van der Waals surface area contributed by atoms with Gasteiger partial charge in [-0.3, -0.25) is 9.48 Å². The minimum Gasteiger partial charge on any atom is -0.381 e. The lowest BCUT2D eigenvalue weighted by Crippen LogP contribution is -2.39. The molecule has 144 valence electrons. The number of piperidine rings is 1. The van der Waals surface area contributed by atoms with Gasteiger partial charge < -0.3 is 15.4 Å². The monoisotopic (exact) mass is 370 g/mol. The Balaban J connectivity index is 1.50. The number of hydrogen-bond acceptors (Lipinski definition) is 6. The van der Waals surface area contributed by atoms with Gasteiger partial charge in [0, 0.05) is 44.1 Å². The number of nitrogens with two attached hydrogens (primary N) is 1. The fraction of sp³-hybridized carbons (Fsp3) is 0.579. The number of carbonyl (C=O) groups excluding carboxylic acids is 1. The molecule has 2 aromatic heterocycles. The Morgan fingerprint density at radius 2 is 2.11 bits per heavy atom. The van der Waals surface area contributed by atoms with Gasteiger partial charge >= 0.3 is 0 Å². The van der Waals surface area contributed by atoms with Crippen LogP contribution in [0.25, 0.3) is 0 Å². The first-order chi connectivity index (χ1) is 13.1. The molecule has 1 unspecified atom stereocenters. The van der Waals surface area contributed by atoms with Crippen LogP contribution >= 0.6 is 0 Å². The fourth-order valence-corrected chi connectivity index (χ4v) is 4.12. The summed E-state index contributed by atoms with van der Waals surface area (Å²) in [5, 5.41) is 4.52. The molecule has 0 radical (unpaired) electrons. The van der Waals surface area contributed by atoms with Gasteiger partial charge in [-0.15, -0.1) is 0 Å². The van der Waals surface area contributed by atoms with Crippen molar-refractivity contribution in [2.75, 3.05) is 32.0 Å². The summed E-state index contributed by atoms with van der Waals surface area (Å²) in [6.07, 6.45) is 7.24. The van der Waals surface area contributed by atoms with E-state index >= 15 is 0 Å². The fourth-order valence-electron chi connectivity index (χ4n) is 4.12. The van der Waals surface area contributed by atoms with Crippen LogP contribution in [-0.4, -0.2) is 56.9 Å². The minimum absolute atomic E-state index is 0.0533. The zero-order valence-electron chi connectivity index (χ0n) is 15.7. The summed E-state index contributed by atoms with van der Waals surface area (Å²) in [5.74, 6) is 0.529. The summed E-state index contributed by atoms with van der Waals surface area (Å²) >= 11 is 0. The van der Waals surface area contributed by atoms with E-state index in [2.05, 4.69) is 15.1 Å². The first kappa shape index (κ1) is 17.9. The van der Waals surface area contributed by atoms with Crippen molar-refractivity contribution in [2.45, 2.75) is 44.6 Å². The average molecular weight is 370 g/mol. The zero-order valence-corrected chi connectivity index (χ0v) is 15.7. The van der Waals surface area contributed by atoms with E-state index < -0.39 is 0 Å². The van der Waals surface area contributed by atoms with E-state index in [9.17, 15) is 4.79 Å². The van der Waals surface area contributed by atoms with Crippen molar-refractivity contribution in [3.8, 4) is 0 Å². The number of likely N-dealkylation sites (tertiary alicyclic amines) is 1. The average Bonchev–Trinajstić information content (AvgIpc) is 3.09. The molecular formula is C19H26N6O2. The van der Waals surface area contributed by atoms with Gasteiger partial charge in [0.25, 0.3) is 5.91 Å². The third-order valence-electron chi connectivity index (χ3n) is 5.63. The highest BCUT2D eigenvalue weighted by Crippen LogP contribution is 2.28. The van der Waals surface area contributed by atoms with E-state index in [4.69, 9.17) is 10.5 Å². The molecule has 2 N–H and O–H groups in total. The van der Waals surface area contributed by atoms with Gasteiger partial charge in [-0.05, 0) is 38.7 Å². The lowest BCUT2D eigenvalue weighted by Gasteiger charge is -2.32. The largest absolute Gasteiger partial charge is 0.381 e. The van der Waals surface area contributed by atoms with Crippen molar-refractivity contribution in [3.63, 3.8) is 0 Å². The predicted octanol–water partition coefficient (Wildman–Crippen LogP) is 1.94. The number of ether oxygens (including phenoxy) is 1. The highest BCUT2D eigenvalue weighted by Gasteiger charge is 2.29. The molecule has 2 aliphatic rings. The molecule has 1 atom stereocenters. The highest BCUT2D eigenvalue weighted by molar-refractivity contribution is 5.95.